The lowest BCUT2D eigenvalue weighted by atomic mass is 10.2. The minimum Gasteiger partial charge on any atom is -0.496 e. The van der Waals surface area contributed by atoms with E-state index in [4.69, 9.17) is 4.74 Å². The first kappa shape index (κ1) is 9.53. The van der Waals surface area contributed by atoms with Gasteiger partial charge in [-0.25, -0.2) is 4.68 Å². The molecule has 6 heteroatoms. The molecule has 2 aromatic rings. The van der Waals surface area contributed by atoms with Gasteiger partial charge >= 0.3 is 0 Å². The van der Waals surface area contributed by atoms with E-state index in [1.807, 2.05) is 28.9 Å². The van der Waals surface area contributed by atoms with E-state index in [0.29, 0.717) is 0 Å². The number of benzene rings is 1. The first-order valence-electron chi connectivity index (χ1n) is 4.84. The largest absolute Gasteiger partial charge is 0.496 e. The second kappa shape index (κ2) is 3.71. The van der Waals surface area contributed by atoms with Gasteiger partial charge in [-0.05, 0) is 6.07 Å². The molecule has 0 spiro atoms. The molecule has 1 aliphatic heterocycles. The molecule has 0 bridgehead atoms. The number of fused-ring (bicyclic) bond motifs is 1. The Morgan fingerprint density at radius 1 is 1.44 bits per heavy atom. The number of para-hydroxylation sites is 1. The van der Waals surface area contributed by atoms with Gasteiger partial charge in [0.25, 0.3) is 0 Å². The van der Waals surface area contributed by atoms with Gasteiger partial charge in [0, 0.05) is 5.56 Å². The summed E-state index contributed by atoms with van der Waals surface area (Å²) in [5.74, 6) is 0.881. The summed E-state index contributed by atoms with van der Waals surface area (Å²) >= 11 is 1.62. The summed E-state index contributed by atoms with van der Waals surface area (Å²) in [6.45, 7) is 0. The average Bonchev–Trinajstić information content (AvgIpc) is 2.89. The molecule has 5 nitrogen and oxygen atoms in total. The van der Waals surface area contributed by atoms with Gasteiger partial charge in [0.05, 0.1) is 7.11 Å². The van der Waals surface area contributed by atoms with Crippen LogP contribution in [0.4, 0.5) is 0 Å². The van der Waals surface area contributed by atoms with Crippen molar-refractivity contribution in [3.63, 3.8) is 0 Å². The number of rotatable bonds is 2. The van der Waals surface area contributed by atoms with E-state index >= 15 is 0 Å². The highest BCUT2D eigenvalue weighted by Gasteiger charge is 2.26. The fraction of sp³-hybridized carbons (Fsp3) is 0.200. The van der Waals surface area contributed by atoms with Crippen LogP contribution in [-0.2, 0) is 0 Å². The van der Waals surface area contributed by atoms with E-state index in [1.165, 1.54) is 0 Å². The molecule has 1 atom stereocenters. The van der Waals surface area contributed by atoms with Gasteiger partial charge in [-0.2, -0.15) is 0 Å². The van der Waals surface area contributed by atoms with Crippen molar-refractivity contribution in [3.05, 3.63) is 36.2 Å². The number of hydrogen-bond acceptors (Lipinski definition) is 5. The molecule has 1 aliphatic rings. The first-order chi connectivity index (χ1) is 7.88. The van der Waals surface area contributed by atoms with E-state index in [2.05, 4.69) is 15.6 Å². The molecule has 0 saturated heterocycles. The molecule has 0 aliphatic carbocycles. The molecule has 0 fully saturated rings. The normalized spacial score (nSPS) is 17.9. The molecule has 2 heterocycles. The summed E-state index contributed by atoms with van der Waals surface area (Å²) in [6.07, 6.45) is 1.66. The van der Waals surface area contributed by atoms with Crippen molar-refractivity contribution in [1.29, 1.82) is 0 Å². The third-order valence-corrected chi connectivity index (χ3v) is 3.50. The van der Waals surface area contributed by atoms with Gasteiger partial charge in [0.2, 0.25) is 5.16 Å². The molecular formula is C10H10N4OS. The summed E-state index contributed by atoms with van der Waals surface area (Å²) in [4.78, 5) is 0. The number of aromatic nitrogens is 3. The van der Waals surface area contributed by atoms with Gasteiger partial charge in [-0.1, -0.05) is 30.0 Å². The average molecular weight is 234 g/mol. The lowest BCUT2D eigenvalue weighted by molar-refractivity contribution is 0.409. The van der Waals surface area contributed by atoms with Crippen LogP contribution in [0.1, 0.15) is 10.9 Å². The van der Waals surface area contributed by atoms with Crippen LogP contribution in [0.15, 0.2) is 35.7 Å². The molecule has 1 aromatic heterocycles. The zero-order valence-corrected chi connectivity index (χ0v) is 9.44. The minimum atomic E-state index is 0.127. The second-order valence-electron chi connectivity index (χ2n) is 3.35. The molecule has 16 heavy (non-hydrogen) atoms. The Hall–Kier alpha value is -1.69. The van der Waals surface area contributed by atoms with Crippen molar-refractivity contribution < 1.29 is 4.74 Å². The van der Waals surface area contributed by atoms with Gasteiger partial charge < -0.3 is 10.2 Å². The summed E-state index contributed by atoms with van der Waals surface area (Å²) in [5, 5.41) is 8.81. The Bertz CT molecular complexity index is 493. The lowest BCUT2D eigenvalue weighted by Crippen LogP contribution is -2.11. The summed E-state index contributed by atoms with van der Waals surface area (Å²) in [6, 6.07) is 7.96. The number of ether oxygens (including phenoxy) is 1. The van der Waals surface area contributed by atoms with E-state index in [9.17, 15) is 0 Å². The van der Waals surface area contributed by atoms with Crippen LogP contribution in [0.3, 0.4) is 0 Å². The van der Waals surface area contributed by atoms with Crippen LogP contribution in [0.5, 0.6) is 5.75 Å². The zero-order valence-electron chi connectivity index (χ0n) is 8.62. The molecule has 3 rings (SSSR count). The highest BCUT2D eigenvalue weighted by atomic mass is 32.2. The Morgan fingerprint density at radius 3 is 3.12 bits per heavy atom. The van der Waals surface area contributed by atoms with Crippen LogP contribution < -0.4 is 10.2 Å². The van der Waals surface area contributed by atoms with Gasteiger partial charge in [-0.3, -0.25) is 0 Å². The maximum atomic E-state index is 5.33. The Labute approximate surface area is 96.8 Å². The summed E-state index contributed by atoms with van der Waals surface area (Å²) in [5.41, 5.74) is 4.39. The number of nitrogens with one attached hydrogen (secondary N) is 1. The molecule has 1 unspecified atom stereocenters. The van der Waals surface area contributed by atoms with Crippen molar-refractivity contribution in [2.24, 2.45) is 0 Å². The zero-order chi connectivity index (χ0) is 11.0. The van der Waals surface area contributed by atoms with Crippen molar-refractivity contribution in [3.8, 4) is 5.75 Å². The maximum absolute atomic E-state index is 5.33. The van der Waals surface area contributed by atoms with Crippen LogP contribution in [0, 0.1) is 0 Å². The summed E-state index contributed by atoms with van der Waals surface area (Å²) < 4.78 is 7.16. The first-order valence-corrected chi connectivity index (χ1v) is 5.72. The van der Waals surface area contributed by atoms with Crippen molar-refractivity contribution in [2.45, 2.75) is 10.5 Å². The predicted octanol–water partition coefficient (Wildman–Crippen LogP) is 1.63. The monoisotopic (exact) mass is 234 g/mol. The highest BCUT2D eigenvalue weighted by molar-refractivity contribution is 7.99. The molecule has 0 radical (unpaired) electrons. The van der Waals surface area contributed by atoms with Gasteiger partial charge in [0.15, 0.2) is 0 Å². The van der Waals surface area contributed by atoms with Crippen molar-refractivity contribution in [1.82, 2.24) is 14.9 Å². The predicted molar refractivity (Wildman–Crippen MR) is 61.0 cm³/mol. The number of methoxy groups -OCH3 is 1. The minimum absolute atomic E-state index is 0.127. The van der Waals surface area contributed by atoms with E-state index in [0.717, 1.165) is 16.5 Å². The smallest absolute Gasteiger partial charge is 0.212 e. The molecule has 1 N–H and O–H groups in total. The topological polar surface area (TPSA) is 52.0 Å². The van der Waals surface area contributed by atoms with Crippen molar-refractivity contribution >= 4 is 11.8 Å². The van der Waals surface area contributed by atoms with Gasteiger partial charge in [0.1, 0.15) is 17.5 Å². The van der Waals surface area contributed by atoms with E-state index in [1.54, 1.807) is 25.2 Å². The third kappa shape index (κ3) is 1.42. The summed E-state index contributed by atoms with van der Waals surface area (Å²) in [7, 11) is 1.68. The van der Waals surface area contributed by atoms with Crippen LogP contribution in [0.25, 0.3) is 0 Å². The second-order valence-corrected chi connectivity index (χ2v) is 4.42. The molecule has 1 aromatic carbocycles. The fourth-order valence-electron chi connectivity index (χ4n) is 1.67. The highest BCUT2D eigenvalue weighted by Crippen LogP contribution is 2.40. The number of hydrogen-bond donors (Lipinski definition) is 1. The molecular weight excluding hydrogens is 224 g/mol. The van der Waals surface area contributed by atoms with Crippen LogP contribution in [-0.4, -0.2) is 22.0 Å². The molecule has 0 saturated carbocycles. The number of nitrogens with zero attached hydrogens (tertiary/aromatic N) is 3. The molecule has 0 amide bonds. The quantitative estimate of drug-likeness (QED) is 0.856. The van der Waals surface area contributed by atoms with Crippen LogP contribution in [0.2, 0.25) is 0 Å². The standard InChI is InChI=1S/C10H10N4OS/c1-15-8-5-3-2-4-7(8)9-13-14-6-11-12-10(14)16-9/h2-6,9,13H,1H3. The maximum Gasteiger partial charge on any atom is 0.212 e. The fourth-order valence-corrected chi connectivity index (χ4v) is 2.67. The van der Waals surface area contributed by atoms with Gasteiger partial charge in [-0.15, -0.1) is 10.2 Å². The Balaban J connectivity index is 1.92. The van der Waals surface area contributed by atoms with E-state index in [-0.39, 0.29) is 5.37 Å². The van der Waals surface area contributed by atoms with Crippen LogP contribution >= 0.6 is 11.8 Å². The van der Waals surface area contributed by atoms with Crippen molar-refractivity contribution in [2.75, 3.05) is 12.5 Å². The molecule has 82 valence electrons. The Kier molecular flexibility index (Phi) is 2.21. The van der Waals surface area contributed by atoms with E-state index < -0.39 is 0 Å². The Morgan fingerprint density at radius 2 is 2.31 bits per heavy atom. The lowest BCUT2D eigenvalue weighted by Gasteiger charge is -2.14. The SMILES string of the molecule is COc1ccccc1C1Nn2cnnc2S1. The number of thioether (sulfide) groups is 1. The third-order valence-electron chi connectivity index (χ3n) is 2.42.